The van der Waals surface area contributed by atoms with Crippen LogP contribution in [-0.2, 0) is 0 Å². The fraction of sp³-hybridized carbons (Fsp3) is 0. The summed E-state index contributed by atoms with van der Waals surface area (Å²) in [6.45, 7) is 0. The van der Waals surface area contributed by atoms with Crippen LogP contribution in [0, 0.1) is 11.6 Å². The zero-order valence-electron chi connectivity index (χ0n) is 13.8. The average molecular weight is 447 g/mol. The Morgan fingerprint density at radius 1 is 1.00 bits per heavy atom. The van der Waals surface area contributed by atoms with E-state index in [0.717, 1.165) is 24.3 Å². The number of fused-ring (bicyclic) bond motifs is 2. The topological polar surface area (TPSA) is 87.7 Å². The van der Waals surface area contributed by atoms with Gasteiger partial charge in [0.15, 0.2) is 17.4 Å². The average Bonchev–Trinajstić information content (AvgIpc) is 2.62. The number of carbonyl (C=O) groups is 1. The van der Waals surface area contributed by atoms with Crippen molar-refractivity contribution < 1.29 is 28.2 Å². The van der Waals surface area contributed by atoms with Crippen LogP contribution in [-0.4, -0.2) is 16.2 Å². The van der Waals surface area contributed by atoms with Crippen molar-refractivity contribution in [3.8, 4) is 28.2 Å². The standard InChI is InChI=1S/C20H9BrF2O5/c21-8-1-2-9(20(26)27)10(3-8)19-11-4-13(22)15(24)6-17(11)28-18-7-16(25)14(23)5-12(18)19/h1-7,24H,(H,26,27). The molecule has 28 heavy (non-hydrogen) atoms. The summed E-state index contributed by atoms with van der Waals surface area (Å²) in [5, 5.41) is 19.4. The van der Waals surface area contributed by atoms with Crippen LogP contribution in [0.3, 0.4) is 0 Å². The molecule has 2 aliphatic rings. The minimum atomic E-state index is -1.25. The first-order valence-electron chi connectivity index (χ1n) is 7.88. The van der Waals surface area contributed by atoms with Crippen molar-refractivity contribution in [1.29, 1.82) is 0 Å². The van der Waals surface area contributed by atoms with Crippen molar-refractivity contribution in [2.75, 3.05) is 0 Å². The third kappa shape index (κ3) is 2.82. The summed E-state index contributed by atoms with van der Waals surface area (Å²) in [4.78, 5) is 23.5. The van der Waals surface area contributed by atoms with Crippen LogP contribution in [0.2, 0.25) is 0 Å². The summed E-state index contributed by atoms with van der Waals surface area (Å²) in [5.74, 6) is -3.98. The number of carboxylic acid groups (broad SMARTS) is 1. The van der Waals surface area contributed by atoms with E-state index >= 15 is 0 Å². The van der Waals surface area contributed by atoms with Crippen LogP contribution in [0.1, 0.15) is 10.4 Å². The van der Waals surface area contributed by atoms with Gasteiger partial charge in [-0.3, -0.25) is 4.79 Å². The highest BCUT2D eigenvalue weighted by molar-refractivity contribution is 9.10. The lowest BCUT2D eigenvalue weighted by molar-refractivity contribution is 0.0697. The minimum absolute atomic E-state index is 0.00345. The number of halogens is 3. The summed E-state index contributed by atoms with van der Waals surface area (Å²) in [6.07, 6.45) is 0. The Kier molecular flexibility index (Phi) is 4.15. The van der Waals surface area contributed by atoms with Crippen LogP contribution in [0.4, 0.5) is 8.78 Å². The summed E-state index contributed by atoms with van der Waals surface area (Å²) in [7, 11) is 0. The Bertz CT molecular complexity index is 1310. The molecular weight excluding hydrogens is 438 g/mol. The maximum absolute atomic E-state index is 14.1. The second-order valence-electron chi connectivity index (χ2n) is 6.05. The molecule has 0 amide bonds. The number of phenolic OH excluding ortho intramolecular Hbond substituents is 1. The summed E-state index contributed by atoms with van der Waals surface area (Å²) in [6, 6.07) is 8.19. The maximum atomic E-state index is 14.1. The molecule has 0 fully saturated rings. The second kappa shape index (κ2) is 6.42. The lowest BCUT2D eigenvalue weighted by atomic mass is 9.90. The summed E-state index contributed by atoms with van der Waals surface area (Å²) >= 11 is 3.27. The van der Waals surface area contributed by atoms with Crippen molar-refractivity contribution in [3.63, 3.8) is 0 Å². The van der Waals surface area contributed by atoms with E-state index < -0.39 is 28.8 Å². The first-order valence-corrected chi connectivity index (χ1v) is 8.67. The van der Waals surface area contributed by atoms with Gasteiger partial charge in [0.2, 0.25) is 5.43 Å². The highest BCUT2D eigenvalue weighted by Gasteiger charge is 2.24. The molecule has 0 aromatic heterocycles. The molecule has 0 bridgehead atoms. The molecular formula is C20H9BrF2O5. The van der Waals surface area contributed by atoms with Crippen LogP contribution in [0.25, 0.3) is 33.4 Å². The molecule has 0 radical (unpaired) electrons. The van der Waals surface area contributed by atoms with E-state index in [1.807, 2.05) is 0 Å². The number of aromatic carboxylic acids is 1. The number of benzene rings is 3. The molecule has 4 rings (SSSR count). The predicted molar refractivity (Wildman–Crippen MR) is 101 cm³/mol. The predicted octanol–water partition coefficient (Wildman–Crippen LogP) is 5.01. The van der Waals surface area contributed by atoms with E-state index in [9.17, 15) is 28.6 Å². The Morgan fingerprint density at radius 3 is 2.46 bits per heavy atom. The zero-order chi connectivity index (χ0) is 20.2. The molecule has 1 aliphatic heterocycles. The number of aromatic hydroxyl groups is 1. The molecule has 0 saturated heterocycles. The number of hydrogen-bond acceptors (Lipinski definition) is 4. The largest absolute Gasteiger partial charge is 0.505 e. The Hall–Kier alpha value is -3.26. The van der Waals surface area contributed by atoms with Crippen molar-refractivity contribution in [2.24, 2.45) is 0 Å². The SMILES string of the molecule is O=C(O)c1ccc(Br)cc1-c1c2cc(F)c(=O)cc-2oc2cc(O)c(F)cc12. The van der Waals surface area contributed by atoms with Gasteiger partial charge in [-0.25, -0.2) is 13.6 Å². The molecule has 2 N–H and O–H groups in total. The summed E-state index contributed by atoms with van der Waals surface area (Å²) in [5.41, 5.74) is -0.611. The van der Waals surface area contributed by atoms with Crippen molar-refractivity contribution in [1.82, 2.24) is 0 Å². The van der Waals surface area contributed by atoms with Crippen molar-refractivity contribution in [2.45, 2.75) is 0 Å². The van der Waals surface area contributed by atoms with Gasteiger partial charge < -0.3 is 14.6 Å². The normalized spacial score (nSPS) is 11.2. The Labute approximate surface area is 163 Å². The number of carboxylic acids is 1. The molecule has 8 heteroatoms. The Balaban J connectivity index is 2.28. The van der Waals surface area contributed by atoms with Crippen LogP contribution in [0.15, 0.2) is 56.1 Å². The van der Waals surface area contributed by atoms with Gasteiger partial charge in [-0.1, -0.05) is 15.9 Å². The van der Waals surface area contributed by atoms with Gasteiger partial charge in [-0.15, -0.1) is 0 Å². The van der Waals surface area contributed by atoms with Crippen LogP contribution < -0.4 is 5.43 Å². The van der Waals surface area contributed by atoms with Gasteiger partial charge in [-0.2, -0.15) is 0 Å². The third-order valence-electron chi connectivity index (χ3n) is 4.32. The number of rotatable bonds is 2. The van der Waals surface area contributed by atoms with Gasteiger partial charge in [0, 0.05) is 33.1 Å². The molecule has 1 heterocycles. The fourth-order valence-corrected chi connectivity index (χ4v) is 3.46. The minimum Gasteiger partial charge on any atom is -0.505 e. The van der Waals surface area contributed by atoms with Gasteiger partial charge in [-0.05, 0) is 35.9 Å². The quantitative estimate of drug-likeness (QED) is 0.422. The fourth-order valence-electron chi connectivity index (χ4n) is 3.10. The van der Waals surface area contributed by atoms with Gasteiger partial charge in [0.1, 0.15) is 11.3 Å². The second-order valence-corrected chi connectivity index (χ2v) is 6.97. The van der Waals surface area contributed by atoms with Gasteiger partial charge >= 0.3 is 5.97 Å². The van der Waals surface area contributed by atoms with Gasteiger partial charge in [0.25, 0.3) is 0 Å². The molecule has 2 aromatic rings. The van der Waals surface area contributed by atoms with Crippen molar-refractivity contribution >= 4 is 32.9 Å². The van der Waals surface area contributed by atoms with E-state index in [1.165, 1.54) is 18.2 Å². The molecule has 0 atom stereocenters. The first kappa shape index (κ1) is 18.1. The number of phenols is 1. The first-order chi connectivity index (χ1) is 13.3. The Morgan fingerprint density at radius 2 is 1.75 bits per heavy atom. The van der Waals surface area contributed by atoms with E-state index in [2.05, 4.69) is 15.9 Å². The van der Waals surface area contributed by atoms with Crippen LogP contribution in [0.5, 0.6) is 5.75 Å². The highest BCUT2D eigenvalue weighted by Crippen LogP contribution is 2.43. The third-order valence-corrected chi connectivity index (χ3v) is 4.82. The van der Waals surface area contributed by atoms with E-state index in [0.29, 0.717) is 4.47 Å². The lowest BCUT2D eigenvalue weighted by Crippen LogP contribution is -2.07. The van der Waals surface area contributed by atoms with Crippen LogP contribution >= 0.6 is 15.9 Å². The number of hydrogen-bond donors (Lipinski definition) is 2. The molecule has 0 unspecified atom stereocenters. The van der Waals surface area contributed by atoms with E-state index in [4.69, 9.17) is 4.42 Å². The maximum Gasteiger partial charge on any atom is 0.336 e. The zero-order valence-corrected chi connectivity index (χ0v) is 15.4. The molecule has 0 saturated carbocycles. The monoisotopic (exact) mass is 446 g/mol. The molecule has 5 nitrogen and oxygen atoms in total. The summed E-state index contributed by atoms with van der Waals surface area (Å²) < 4.78 is 34.2. The van der Waals surface area contributed by atoms with Gasteiger partial charge in [0.05, 0.1) is 5.56 Å². The smallest absolute Gasteiger partial charge is 0.336 e. The lowest BCUT2D eigenvalue weighted by Gasteiger charge is -2.17. The molecule has 1 aliphatic carbocycles. The van der Waals surface area contributed by atoms with E-state index in [-0.39, 0.29) is 39.0 Å². The molecule has 0 spiro atoms. The molecule has 2 aromatic carbocycles. The van der Waals surface area contributed by atoms with E-state index in [1.54, 1.807) is 0 Å². The molecule has 140 valence electrons. The highest BCUT2D eigenvalue weighted by atomic mass is 79.9. The van der Waals surface area contributed by atoms with Crippen molar-refractivity contribution in [3.05, 3.63) is 74.4 Å².